The van der Waals surface area contributed by atoms with Gasteiger partial charge in [-0.25, -0.2) is 0 Å². The summed E-state index contributed by atoms with van der Waals surface area (Å²) in [5.41, 5.74) is 4.21. The molecule has 1 rings (SSSR count). The van der Waals surface area contributed by atoms with Crippen molar-refractivity contribution < 1.29 is 22.7 Å². The molecule has 2 N–H and O–H groups in total. The average Bonchev–Trinajstić information content (AvgIpc) is 2.24. The number of hydrogen-bond acceptors (Lipinski definition) is 2. The van der Waals surface area contributed by atoms with E-state index in [-0.39, 0.29) is 5.75 Å². The second-order valence-electron chi connectivity index (χ2n) is 3.44. The molecule has 1 atom stereocenters. The van der Waals surface area contributed by atoms with E-state index >= 15 is 0 Å². The molecular weight excluding hydrogens is 235 g/mol. The Hall–Kier alpha value is -1.72. The summed E-state index contributed by atoms with van der Waals surface area (Å²) in [6.07, 6.45) is -5.06. The second-order valence-corrected chi connectivity index (χ2v) is 3.44. The van der Waals surface area contributed by atoms with Crippen LogP contribution in [0.2, 0.25) is 0 Å². The van der Waals surface area contributed by atoms with Crippen molar-refractivity contribution in [1.29, 1.82) is 0 Å². The number of halogens is 3. The first-order valence-corrected chi connectivity index (χ1v) is 4.97. The average molecular weight is 247 g/mol. The number of carbonyl (C=O) groups excluding carboxylic acids is 1. The van der Waals surface area contributed by atoms with E-state index in [0.717, 1.165) is 12.1 Å². The number of rotatable bonds is 4. The summed E-state index contributed by atoms with van der Waals surface area (Å²) in [4.78, 5) is 10.9. The molecule has 94 valence electrons. The van der Waals surface area contributed by atoms with E-state index < -0.39 is 23.8 Å². The molecule has 1 unspecified atom stereocenters. The minimum absolute atomic E-state index is 0.0227. The minimum atomic E-state index is -4.44. The fourth-order valence-electron chi connectivity index (χ4n) is 1.25. The second kappa shape index (κ2) is 5.07. The number of alkyl halides is 3. The fourth-order valence-corrected chi connectivity index (χ4v) is 1.25. The van der Waals surface area contributed by atoms with E-state index in [1.807, 2.05) is 0 Å². The zero-order chi connectivity index (χ0) is 13.1. The lowest BCUT2D eigenvalue weighted by Crippen LogP contribution is -2.33. The molecule has 0 radical (unpaired) electrons. The van der Waals surface area contributed by atoms with Crippen LogP contribution in [-0.4, -0.2) is 12.0 Å². The Morgan fingerprint density at radius 3 is 2.59 bits per heavy atom. The molecule has 0 spiro atoms. The zero-order valence-electron chi connectivity index (χ0n) is 9.12. The summed E-state index contributed by atoms with van der Waals surface area (Å²) in [5, 5.41) is 0. The molecule has 0 fully saturated rings. The normalized spacial score (nSPS) is 13.2. The molecule has 17 heavy (non-hydrogen) atoms. The zero-order valence-corrected chi connectivity index (χ0v) is 9.12. The summed E-state index contributed by atoms with van der Waals surface area (Å²) in [5.74, 6) is -0.726. The lowest BCUT2D eigenvalue weighted by atomic mass is 10.2. The minimum Gasteiger partial charge on any atom is -0.481 e. The Bertz CT molecular complexity index is 404. The Balaban J connectivity index is 2.89. The quantitative estimate of drug-likeness (QED) is 0.887. The molecule has 0 aromatic heterocycles. The highest BCUT2D eigenvalue weighted by atomic mass is 19.4. The van der Waals surface area contributed by atoms with E-state index in [1.165, 1.54) is 12.1 Å². The molecule has 0 saturated carbocycles. The van der Waals surface area contributed by atoms with Crippen molar-refractivity contribution in [3.05, 3.63) is 29.8 Å². The van der Waals surface area contributed by atoms with Gasteiger partial charge in [0.15, 0.2) is 6.10 Å². The third-order valence-corrected chi connectivity index (χ3v) is 2.13. The van der Waals surface area contributed by atoms with Crippen molar-refractivity contribution in [3.8, 4) is 5.75 Å². The summed E-state index contributed by atoms with van der Waals surface area (Å²) in [6, 6.07) is 4.33. The van der Waals surface area contributed by atoms with Crippen LogP contribution in [0.3, 0.4) is 0 Å². The standard InChI is InChI=1S/C11H12F3NO2/c1-2-9(10(15)16)17-8-5-3-4-7(6-8)11(12,13)14/h3-6,9H,2H2,1H3,(H2,15,16). The maximum absolute atomic E-state index is 12.4. The SMILES string of the molecule is CCC(Oc1cccc(C(F)(F)F)c1)C(N)=O. The van der Waals surface area contributed by atoms with Gasteiger partial charge in [0, 0.05) is 0 Å². The van der Waals surface area contributed by atoms with Crippen LogP contribution in [0.15, 0.2) is 24.3 Å². The number of ether oxygens (including phenoxy) is 1. The molecule has 0 heterocycles. The van der Waals surface area contributed by atoms with Crippen LogP contribution in [0, 0.1) is 0 Å². The summed E-state index contributed by atoms with van der Waals surface area (Å²) >= 11 is 0. The van der Waals surface area contributed by atoms with Gasteiger partial charge in [0.05, 0.1) is 5.56 Å². The van der Waals surface area contributed by atoms with Crippen LogP contribution in [-0.2, 0) is 11.0 Å². The Kier molecular flexibility index (Phi) is 3.98. The largest absolute Gasteiger partial charge is 0.481 e. The van der Waals surface area contributed by atoms with Gasteiger partial charge in [-0.05, 0) is 24.6 Å². The highest BCUT2D eigenvalue weighted by Gasteiger charge is 2.30. The van der Waals surface area contributed by atoms with E-state index in [9.17, 15) is 18.0 Å². The van der Waals surface area contributed by atoms with Crippen LogP contribution in [0.1, 0.15) is 18.9 Å². The first-order valence-electron chi connectivity index (χ1n) is 4.97. The predicted molar refractivity (Wildman–Crippen MR) is 55.3 cm³/mol. The molecule has 0 aliphatic heterocycles. The van der Waals surface area contributed by atoms with Crippen LogP contribution >= 0.6 is 0 Å². The van der Waals surface area contributed by atoms with Gasteiger partial charge in [-0.3, -0.25) is 4.79 Å². The first-order chi connectivity index (χ1) is 7.84. The molecule has 0 aliphatic rings. The van der Waals surface area contributed by atoms with Crippen molar-refractivity contribution in [1.82, 2.24) is 0 Å². The number of primary amides is 1. The van der Waals surface area contributed by atoms with Crippen LogP contribution in [0.4, 0.5) is 13.2 Å². The first kappa shape index (κ1) is 13.3. The van der Waals surface area contributed by atoms with Crippen LogP contribution < -0.4 is 10.5 Å². The lowest BCUT2D eigenvalue weighted by molar-refractivity contribution is -0.137. The lowest BCUT2D eigenvalue weighted by Gasteiger charge is -2.15. The number of amides is 1. The molecule has 1 amide bonds. The summed E-state index contributed by atoms with van der Waals surface area (Å²) in [6.45, 7) is 1.66. The van der Waals surface area contributed by atoms with Crippen molar-refractivity contribution in [2.75, 3.05) is 0 Å². The monoisotopic (exact) mass is 247 g/mol. The topological polar surface area (TPSA) is 52.3 Å². The Morgan fingerprint density at radius 1 is 1.47 bits per heavy atom. The predicted octanol–water partition coefficient (Wildman–Crippen LogP) is 2.35. The maximum Gasteiger partial charge on any atom is 0.416 e. The molecule has 0 bridgehead atoms. The van der Waals surface area contributed by atoms with Crippen molar-refractivity contribution >= 4 is 5.91 Å². The van der Waals surface area contributed by atoms with Crippen LogP contribution in [0.25, 0.3) is 0 Å². The highest BCUT2D eigenvalue weighted by molar-refractivity contribution is 5.79. The number of nitrogens with two attached hydrogens (primary N) is 1. The summed E-state index contributed by atoms with van der Waals surface area (Å²) < 4.78 is 42.3. The Labute approximate surface area is 96.4 Å². The molecular formula is C11H12F3NO2. The van der Waals surface area contributed by atoms with Gasteiger partial charge in [0.1, 0.15) is 5.75 Å². The number of hydrogen-bond donors (Lipinski definition) is 1. The molecule has 3 nitrogen and oxygen atoms in total. The maximum atomic E-state index is 12.4. The molecule has 0 saturated heterocycles. The fraction of sp³-hybridized carbons (Fsp3) is 0.364. The van der Waals surface area contributed by atoms with Gasteiger partial charge >= 0.3 is 6.18 Å². The van der Waals surface area contributed by atoms with E-state index in [4.69, 9.17) is 10.5 Å². The molecule has 1 aromatic carbocycles. The Morgan fingerprint density at radius 2 is 2.12 bits per heavy atom. The van der Waals surface area contributed by atoms with Gasteiger partial charge in [0.25, 0.3) is 5.91 Å². The molecule has 1 aromatic rings. The summed E-state index contributed by atoms with van der Waals surface area (Å²) in [7, 11) is 0. The third kappa shape index (κ3) is 3.65. The van der Waals surface area contributed by atoms with Crippen molar-refractivity contribution in [2.45, 2.75) is 25.6 Å². The van der Waals surface area contributed by atoms with Crippen LogP contribution in [0.5, 0.6) is 5.75 Å². The smallest absolute Gasteiger partial charge is 0.416 e. The molecule has 0 aliphatic carbocycles. The van der Waals surface area contributed by atoms with Gasteiger partial charge in [-0.2, -0.15) is 13.2 Å². The van der Waals surface area contributed by atoms with E-state index in [1.54, 1.807) is 6.92 Å². The van der Waals surface area contributed by atoms with Crippen molar-refractivity contribution in [3.63, 3.8) is 0 Å². The third-order valence-electron chi connectivity index (χ3n) is 2.13. The highest BCUT2D eigenvalue weighted by Crippen LogP contribution is 2.31. The van der Waals surface area contributed by atoms with E-state index in [2.05, 4.69) is 0 Å². The van der Waals surface area contributed by atoms with Crippen molar-refractivity contribution in [2.24, 2.45) is 5.73 Å². The molecule has 6 heteroatoms. The van der Waals surface area contributed by atoms with Gasteiger partial charge in [-0.1, -0.05) is 13.0 Å². The van der Waals surface area contributed by atoms with Gasteiger partial charge < -0.3 is 10.5 Å². The number of benzene rings is 1. The van der Waals surface area contributed by atoms with Gasteiger partial charge in [0.2, 0.25) is 0 Å². The van der Waals surface area contributed by atoms with Gasteiger partial charge in [-0.15, -0.1) is 0 Å². The number of carbonyl (C=O) groups is 1. The van der Waals surface area contributed by atoms with E-state index in [0.29, 0.717) is 6.42 Å².